The Morgan fingerprint density at radius 2 is 2.19 bits per heavy atom. The summed E-state index contributed by atoms with van der Waals surface area (Å²) in [6.45, 7) is 1.90. The molecule has 2 rings (SSSR count). The number of carbonyl (C=O) groups excluding carboxylic acids is 1. The lowest BCUT2D eigenvalue weighted by atomic mass is 10.1. The van der Waals surface area contributed by atoms with Crippen LogP contribution in [0.5, 0.6) is 0 Å². The van der Waals surface area contributed by atoms with Gasteiger partial charge < -0.3 is 15.2 Å². The molecule has 0 radical (unpaired) electrons. The van der Waals surface area contributed by atoms with Crippen LogP contribution in [0.15, 0.2) is 24.3 Å². The van der Waals surface area contributed by atoms with Crippen molar-refractivity contribution in [2.24, 2.45) is 0 Å². The van der Waals surface area contributed by atoms with Gasteiger partial charge in [0.05, 0.1) is 6.10 Å². The van der Waals surface area contributed by atoms with Crippen LogP contribution in [0, 0.1) is 5.82 Å². The molecular formula is C15H16FNO4. The molecule has 0 spiro atoms. The van der Waals surface area contributed by atoms with Gasteiger partial charge in [0.1, 0.15) is 11.9 Å². The predicted octanol–water partition coefficient (Wildman–Crippen LogP) is 2.43. The van der Waals surface area contributed by atoms with Crippen LogP contribution < -0.4 is 5.32 Å². The summed E-state index contributed by atoms with van der Waals surface area (Å²) >= 11 is 0. The summed E-state index contributed by atoms with van der Waals surface area (Å²) in [4.78, 5) is 22.3. The van der Waals surface area contributed by atoms with Crippen molar-refractivity contribution in [2.75, 3.05) is 5.32 Å². The molecule has 2 unspecified atom stereocenters. The zero-order chi connectivity index (χ0) is 15.4. The molecule has 1 amide bonds. The Balaban J connectivity index is 2.03. The first-order chi connectivity index (χ1) is 9.95. The first-order valence-electron chi connectivity index (χ1n) is 6.62. The molecule has 112 valence electrons. The molecule has 21 heavy (non-hydrogen) atoms. The maximum absolute atomic E-state index is 13.8. The van der Waals surface area contributed by atoms with Crippen molar-refractivity contribution in [1.82, 2.24) is 0 Å². The van der Waals surface area contributed by atoms with Crippen LogP contribution in [-0.2, 0) is 14.3 Å². The Bertz CT molecular complexity index is 585. The van der Waals surface area contributed by atoms with E-state index in [4.69, 9.17) is 9.84 Å². The highest BCUT2D eigenvalue weighted by Crippen LogP contribution is 2.21. The number of rotatable bonds is 4. The highest BCUT2D eigenvalue weighted by molar-refractivity contribution is 5.94. The lowest BCUT2D eigenvalue weighted by Gasteiger charge is -2.12. The minimum atomic E-state index is -1.15. The number of halogens is 1. The van der Waals surface area contributed by atoms with Crippen molar-refractivity contribution in [3.05, 3.63) is 35.7 Å². The van der Waals surface area contributed by atoms with Crippen LogP contribution in [0.4, 0.5) is 10.1 Å². The fourth-order valence-corrected chi connectivity index (χ4v) is 2.12. The van der Waals surface area contributed by atoms with Gasteiger partial charge in [-0.1, -0.05) is 0 Å². The molecule has 1 saturated heterocycles. The number of benzene rings is 1. The molecule has 1 aliphatic rings. The van der Waals surface area contributed by atoms with E-state index < -0.39 is 17.9 Å². The summed E-state index contributed by atoms with van der Waals surface area (Å²) < 4.78 is 19.2. The fourth-order valence-electron chi connectivity index (χ4n) is 2.12. The monoisotopic (exact) mass is 293 g/mol. The lowest BCUT2D eigenvalue weighted by molar-refractivity contribution is -0.131. The highest BCUT2D eigenvalue weighted by atomic mass is 19.1. The van der Waals surface area contributed by atoms with Crippen molar-refractivity contribution in [2.45, 2.75) is 32.0 Å². The van der Waals surface area contributed by atoms with Gasteiger partial charge in [0.15, 0.2) is 0 Å². The molecule has 0 aromatic heterocycles. The Labute approximate surface area is 121 Å². The third kappa shape index (κ3) is 4.13. The van der Waals surface area contributed by atoms with Gasteiger partial charge in [-0.2, -0.15) is 0 Å². The van der Waals surface area contributed by atoms with E-state index in [-0.39, 0.29) is 17.6 Å². The summed E-state index contributed by atoms with van der Waals surface area (Å²) in [5.41, 5.74) is 0.453. The average molecular weight is 293 g/mol. The number of anilines is 1. The van der Waals surface area contributed by atoms with Gasteiger partial charge in [-0.15, -0.1) is 0 Å². The second-order valence-electron chi connectivity index (χ2n) is 4.91. The molecule has 1 aromatic rings. The fraction of sp³-hybridized carbons (Fsp3) is 0.333. The molecule has 0 bridgehead atoms. The molecule has 1 aromatic carbocycles. The van der Waals surface area contributed by atoms with Crippen LogP contribution in [0.1, 0.15) is 25.3 Å². The zero-order valence-electron chi connectivity index (χ0n) is 11.5. The minimum Gasteiger partial charge on any atom is -0.478 e. The molecule has 6 heteroatoms. The van der Waals surface area contributed by atoms with Crippen LogP contribution in [0.3, 0.4) is 0 Å². The number of aliphatic carboxylic acids is 1. The smallest absolute Gasteiger partial charge is 0.328 e. The largest absolute Gasteiger partial charge is 0.478 e. The van der Waals surface area contributed by atoms with E-state index in [1.54, 1.807) is 0 Å². The van der Waals surface area contributed by atoms with Crippen molar-refractivity contribution < 1.29 is 23.8 Å². The van der Waals surface area contributed by atoms with Crippen LogP contribution in [0.25, 0.3) is 6.08 Å². The van der Waals surface area contributed by atoms with E-state index >= 15 is 0 Å². The second kappa shape index (κ2) is 6.49. The molecule has 1 heterocycles. The zero-order valence-corrected chi connectivity index (χ0v) is 11.5. The Kier molecular flexibility index (Phi) is 4.70. The number of hydrogen-bond acceptors (Lipinski definition) is 3. The predicted molar refractivity (Wildman–Crippen MR) is 75.3 cm³/mol. The summed E-state index contributed by atoms with van der Waals surface area (Å²) in [5.74, 6) is -2.06. The molecule has 1 aliphatic heterocycles. The molecule has 2 N–H and O–H groups in total. The Morgan fingerprint density at radius 3 is 2.76 bits per heavy atom. The number of ether oxygens (including phenoxy) is 1. The van der Waals surface area contributed by atoms with Gasteiger partial charge in [-0.25, -0.2) is 9.18 Å². The van der Waals surface area contributed by atoms with Gasteiger partial charge in [-0.3, -0.25) is 4.79 Å². The normalized spacial score (nSPS) is 21.6. The van der Waals surface area contributed by atoms with Crippen molar-refractivity contribution in [3.8, 4) is 0 Å². The van der Waals surface area contributed by atoms with E-state index in [2.05, 4.69) is 5.32 Å². The molecule has 1 fully saturated rings. The van der Waals surface area contributed by atoms with E-state index in [1.165, 1.54) is 12.1 Å². The number of amides is 1. The first kappa shape index (κ1) is 15.2. The van der Waals surface area contributed by atoms with Crippen molar-refractivity contribution >= 4 is 23.6 Å². The molecule has 0 saturated carbocycles. The van der Waals surface area contributed by atoms with Gasteiger partial charge in [0, 0.05) is 17.3 Å². The van der Waals surface area contributed by atoms with Gasteiger partial charge in [-0.05, 0) is 44.0 Å². The molecule has 0 aliphatic carbocycles. The lowest BCUT2D eigenvalue weighted by Crippen LogP contribution is -2.27. The highest BCUT2D eigenvalue weighted by Gasteiger charge is 2.28. The third-order valence-electron chi connectivity index (χ3n) is 3.20. The number of carbonyl (C=O) groups is 2. The Morgan fingerprint density at radius 1 is 1.43 bits per heavy atom. The minimum absolute atomic E-state index is 0.0565. The summed E-state index contributed by atoms with van der Waals surface area (Å²) in [6.07, 6.45) is 3.03. The number of hydrogen-bond donors (Lipinski definition) is 2. The van der Waals surface area contributed by atoms with Crippen LogP contribution in [0.2, 0.25) is 0 Å². The third-order valence-corrected chi connectivity index (χ3v) is 3.20. The van der Waals surface area contributed by atoms with E-state index in [9.17, 15) is 14.0 Å². The first-order valence-corrected chi connectivity index (χ1v) is 6.62. The van der Waals surface area contributed by atoms with Crippen LogP contribution in [-0.4, -0.2) is 29.2 Å². The van der Waals surface area contributed by atoms with Gasteiger partial charge in [0.25, 0.3) is 5.91 Å². The second-order valence-corrected chi connectivity index (χ2v) is 4.91. The summed E-state index contributed by atoms with van der Waals surface area (Å²) in [5, 5.41) is 11.1. The van der Waals surface area contributed by atoms with Gasteiger partial charge in [0.2, 0.25) is 0 Å². The standard InChI is InChI=1S/C15H16FNO4/c1-9-2-6-13(21-9)15(20)17-11-5-3-10(12(16)8-11)4-7-14(18)19/h3-5,7-9,13H,2,6H2,1H3,(H,17,20)(H,18,19)/b7-4+. The topological polar surface area (TPSA) is 75.6 Å². The average Bonchev–Trinajstić information content (AvgIpc) is 2.84. The number of nitrogens with one attached hydrogen (secondary N) is 1. The van der Waals surface area contributed by atoms with Crippen LogP contribution >= 0.6 is 0 Å². The quantitative estimate of drug-likeness (QED) is 0.836. The SMILES string of the molecule is CC1CCC(C(=O)Nc2ccc(/C=C/C(=O)O)c(F)c2)O1. The molecule has 2 atom stereocenters. The van der Waals surface area contributed by atoms with E-state index in [1.807, 2.05) is 6.92 Å². The molecule has 5 nitrogen and oxygen atoms in total. The number of carboxylic acid groups (broad SMARTS) is 1. The maximum Gasteiger partial charge on any atom is 0.328 e. The number of carboxylic acids is 1. The van der Waals surface area contributed by atoms with Crippen molar-refractivity contribution in [1.29, 1.82) is 0 Å². The summed E-state index contributed by atoms with van der Waals surface area (Å²) in [6, 6.07) is 4.07. The van der Waals surface area contributed by atoms with Gasteiger partial charge >= 0.3 is 5.97 Å². The Hall–Kier alpha value is -2.21. The van der Waals surface area contributed by atoms with E-state index in [0.29, 0.717) is 12.1 Å². The van der Waals surface area contributed by atoms with Crippen molar-refractivity contribution in [3.63, 3.8) is 0 Å². The summed E-state index contributed by atoms with van der Waals surface area (Å²) in [7, 11) is 0. The maximum atomic E-state index is 13.8. The molecular weight excluding hydrogens is 277 g/mol. The van der Waals surface area contributed by atoms with E-state index in [0.717, 1.165) is 24.6 Å².